The van der Waals surface area contributed by atoms with Gasteiger partial charge in [0.25, 0.3) is 0 Å². The molecule has 5 rings (SSSR count). The molecule has 5 saturated carbocycles. The van der Waals surface area contributed by atoms with Gasteiger partial charge in [-0.2, -0.15) is 0 Å². The number of hydrogen-bond acceptors (Lipinski definition) is 2. The van der Waals surface area contributed by atoms with Crippen LogP contribution in [0.4, 0.5) is 0 Å². The van der Waals surface area contributed by atoms with Crippen LogP contribution in [0.15, 0.2) is 0 Å². The molecule has 0 radical (unpaired) electrons. The van der Waals surface area contributed by atoms with E-state index in [1.165, 1.54) is 51.4 Å². The average molecular weight is 276 g/mol. The highest BCUT2D eigenvalue weighted by atomic mass is 16.1. The number of carbonyl (C=O) groups is 1. The molecule has 1 unspecified atom stereocenters. The van der Waals surface area contributed by atoms with Crippen LogP contribution in [0.3, 0.4) is 0 Å². The van der Waals surface area contributed by atoms with Crippen molar-refractivity contribution in [3.8, 4) is 0 Å². The molecule has 5 aliphatic rings. The first-order chi connectivity index (χ1) is 9.66. The van der Waals surface area contributed by atoms with Crippen LogP contribution in [0.2, 0.25) is 0 Å². The summed E-state index contributed by atoms with van der Waals surface area (Å²) in [6.07, 6.45) is 11.6. The third-order valence-electron chi connectivity index (χ3n) is 6.49. The minimum atomic E-state index is 0.247. The van der Waals surface area contributed by atoms with Gasteiger partial charge in [0.05, 0.1) is 0 Å². The lowest BCUT2D eigenvalue weighted by Crippen LogP contribution is -2.49. The number of carbonyl (C=O) groups excluding carboxylic acids is 1. The van der Waals surface area contributed by atoms with Gasteiger partial charge >= 0.3 is 0 Å². The molecule has 0 saturated heterocycles. The van der Waals surface area contributed by atoms with Crippen LogP contribution < -0.4 is 11.1 Å². The largest absolute Gasteiger partial charge is 0.352 e. The van der Waals surface area contributed by atoms with Crippen molar-refractivity contribution in [3.05, 3.63) is 0 Å². The maximum atomic E-state index is 12.5. The molecule has 0 aliphatic heterocycles. The highest BCUT2D eigenvalue weighted by Gasteiger charge is 2.51. The van der Waals surface area contributed by atoms with E-state index < -0.39 is 0 Å². The van der Waals surface area contributed by atoms with Gasteiger partial charge in [0.15, 0.2) is 0 Å². The second-order valence-corrected chi connectivity index (χ2v) is 8.34. The lowest BCUT2D eigenvalue weighted by atomic mass is 9.49. The first-order valence-electron chi connectivity index (χ1n) is 8.65. The molecule has 3 nitrogen and oxygen atoms in total. The summed E-state index contributed by atoms with van der Waals surface area (Å²) < 4.78 is 0. The predicted molar refractivity (Wildman–Crippen MR) is 78.9 cm³/mol. The molecule has 0 aromatic carbocycles. The molecule has 1 atom stereocenters. The van der Waals surface area contributed by atoms with Gasteiger partial charge in [-0.1, -0.05) is 0 Å². The molecule has 20 heavy (non-hydrogen) atoms. The number of nitrogens with one attached hydrogen (secondary N) is 1. The van der Waals surface area contributed by atoms with E-state index >= 15 is 0 Å². The van der Waals surface area contributed by atoms with E-state index in [0.29, 0.717) is 17.9 Å². The van der Waals surface area contributed by atoms with Crippen molar-refractivity contribution in [3.63, 3.8) is 0 Å². The van der Waals surface area contributed by atoms with Crippen LogP contribution in [0.5, 0.6) is 0 Å². The molecule has 3 N–H and O–H groups in total. The normalized spacial score (nSPS) is 43.5. The maximum absolute atomic E-state index is 12.5. The fourth-order valence-corrected chi connectivity index (χ4v) is 5.97. The molecule has 0 aromatic heterocycles. The van der Waals surface area contributed by atoms with Gasteiger partial charge in [0, 0.05) is 19.0 Å². The van der Waals surface area contributed by atoms with Gasteiger partial charge in [-0.25, -0.2) is 0 Å². The molecule has 0 aromatic rings. The Kier molecular flexibility index (Phi) is 3.10. The highest BCUT2D eigenvalue weighted by molar-refractivity contribution is 5.77. The fourth-order valence-electron chi connectivity index (χ4n) is 5.97. The van der Waals surface area contributed by atoms with Crippen molar-refractivity contribution in [1.29, 1.82) is 0 Å². The highest BCUT2D eigenvalue weighted by Crippen LogP contribution is 2.61. The van der Waals surface area contributed by atoms with Crippen LogP contribution in [0, 0.1) is 29.1 Å². The lowest BCUT2D eigenvalue weighted by Gasteiger charge is -2.56. The number of nitrogens with two attached hydrogens (primary N) is 1. The number of rotatable bonds is 5. The van der Waals surface area contributed by atoms with Crippen molar-refractivity contribution >= 4 is 5.91 Å². The Balaban J connectivity index is 1.39. The number of amides is 1. The van der Waals surface area contributed by atoms with Crippen LogP contribution in [-0.2, 0) is 4.79 Å². The molecule has 112 valence electrons. The first-order valence-corrected chi connectivity index (χ1v) is 8.65. The number of hydrogen-bond donors (Lipinski definition) is 2. The zero-order valence-corrected chi connectivity index (χ0v) is 12.4. The van der Waals surface area contributed by atoms with Gasteiger partial charge in [0.2, 0.25) is 5.91 Å². The lowest BCUT2D eigenvalue weighted by molar-refractivity contribution is -0.130. The summed E-state index contributed by atoms with van der Waals surface area (Å²) in [5.41, 5.74) is 6.17. The second kappa shape index (κ2) is 4.72. The van der Waals surface area contributed by atoms with E-state index in [-0.39, 0.29) is 11.9 Å². The molecule has 4 bridgehead atoms. The second-order valence-electron chi connectivity index (χ2n) is 8.34. The van der Waals surface area contributed by atoms with Crippen molar-refractivity contribution in [2.24, 2.45) is 34.8 Å². The Hall–Kier alpha value is -0.570. The van der Waals surface area contributed by atoms with E-state index in [4.69, 9.17) is 5.73 Å². The fraction of sp³-hybridized carbons (Fsp3) is 0.941. The minimum Gasteiger partial charge on any atom is -0.352 e. The smallest absolute Gasteiger partial charge is 0.220 e. The Bertz CT molecular complexity index is 367. The predicted octanol–water partition coefficient (Wildman–Crippen LogP) is 2.45. The Morgan fingerprint density at radius 1 is 1.10 bits per heavy atom. The van der Waals surface area contributed by atoms with Crippen molar-refractivity contribution in [2.45, 2.75) is 63.8 Å². The third-order valence-corrected chi connectivity index (χ3v) is 6.49. The molecule has 5 fully saturated rings. The quantitative estimate of drug-likeness (QED) is 0.810. The third kappa shape index (κ3) is 2.38. The molecular weight excluding hydrogens is 248 g/mol. The summed E-state index contributed by atoms with van der Waals surface area (Å²) in [4.78, 5) is 12.5. The van der Waals surface area contributed by atoms with Crippen molar-refractivity contribution in [1.82, 2.24) is 5.32 Å². The molecule has 1 amide bonds. The SMILES string of the molecule is NCC(NC(=O)CC12CC3CC(CC(C3)C1)C2)C1CC1. The van der Waals surface area contributed by atoms with Crippen LogP contribution in [0.25, 0.3) is 0 Å². The minimum absolute atomic E-state index is 0.247. The van der Waals surface area contributed by atoms with E-state index in [9.17, 15) is 4.79 Å². The Morgan fingerprint density at radius 3 is 2.10 bits per heavy atom. The summed E-state index contributed by atoms with van der Waals surface area (Å²) in [6.45, 7) is 0.608. The van der Waals surface area contributed by atoms with Crippen LogP contribution in [0.1, 0.15) is 57.8 Å². The summed E-state index contributed by atoms with van der Waals surface area (Å²) >= 11 is 0. The summed E-state index contributed by atoms with van der Waals surface area (Å²) in [6, 6.07) is 0.247. The zero-order valence-electron chi connectivity index (χ0n) is 12.4. The van der Waals surface area contributed by atoms with Gasteiger partial charge in [-0.3, -0.25) is 4.79 Å². The topological polar surface area (TPSA) is 55.1 Å². The summed E-state index contributed by atoms with van der Waals surface area (Å²) in [7, 11) is 0. The molecular formula is C17H28N2O. The molecule has 5 aliphatic carbocycles. The summed E-state index contributed by atoms with van der Waals surface area (Å²) in [5.74, 6) is 3.75. The van der Waals surface area contributed by atoms with Crippen molar-refractivity contribution < 1.29 is 4.79 Å². The van der Waals surface area contributed by atoms with Gasteiger partial charge in [-0.15, -0.1) is 0 Å². The first kappa shape index (κ1) is 13.1. The van der Waals surface area contributed by atoms with E-state index in [1.807, 2.05) is 0 Å². The van der Waals surface area contributed by atoms with E-state index in [0.717, 1.165) is 24.2 Å². The zero-order chi connectivity index (χ0) is 13.7. The molecule has 0 spiro atoms. The Labute approximate surface area is 122 Å². The van der Waals surface area contributed by atoms with Gasteiger partial charge in [0.1, 0.15) is 0 Å². The van der Waals surface area contributed by atoms with Crippen LogP contribution in [-0.4, -0.2) is 18.5 Å². The Morgan fingerprint density at radius 2 is 1.65 bits per heavy atom. The molecule has 0 heterocycles. The maximum Gasteiger partial charge on any atom is 0.220 e. The summed E-state index contributed by atoms with van der Waals surface area (Å²) in [5, 5.41) is 3.24. The van der Waals surface area contributed by atoms with Gasteiger partial charge < -0.3 is 11.1 Å². The standard InChI is InChI=1S/C17H28N2O/c18-10-15(14-1-2-14)19-16(20)9-17-6-11-3-12(7-17)5-13(4-11)8-17/h11-15H,1-10,18H2,(H,19,20). The van der Waals surface area contributed by atoms with Crippen LogP contribution >= 0.6 is 0 Å². The monoisotopic (exact) mass is 276 g/mol. The van der Waals surface area contributed by atoms with Crippen molar-refractivity contribution in [2.75, 3.05) is 6.54 Å². The molecule has 3 heteroatoms. The van der Waals surface area contributed by atoms with Gasteiger partial charge in [-0.05, 0) is 80.5 Å². The van der Waals surface area contributed by atoms with E-state index in [1.54, 1.807) is 0 Å². The van der Waals surface area contributed by atoms with E-state index in [2.05, 4.69) is 5.32 Å². The average Bonchev–Trinajstić information content (AvgIpc) is 3.17.